The fraction of sp³-hybridized carbons (Fsp3) is 0.188. The van der Waals surface area contributed by atoms with E-state index >= 15 is 0 Å². The third kappa shape index (κ3) is 3.30. The Bertz CT molecular complexity index is 623. The van der Waals surface area contributed by atoms with Crippen LogP contribution in [0.15, 0.2) is 42.5 Å². The van der Waals surface area contributed by atoms with Crippen molar-refractivity contribution in [1.82, 2.24) is 0 Å². The first-order chi connectivity index (χ1) is 9.49. The maximum absolute atomic E-state index is 11.1. The highest BCUT2D eigenvalue weighted by Gasteiger charge is 2.12. The third-order valence-electron chi connectivity index (χ3n) is 3.31. The molecule has 0 aliphatic rings. The van der Waals surface area contributed by atoms with Crippen LogP contribution in [0.25, 0.3) is 0 Å². The van der Waals surface area contributed by atoms with Crippen LogP contribution in [0.3, 0.4) is 0 Å². The lowest BCUT2D eigenvalue weighted by Crippen LogP contribution is -2.09. The molecule has 0 saturated carbocycles. The molecular weight excluding hydrogens is 365 g/mol. The molecule has 0 saturated heterocycles. The minimum Gasteiger partial charge on any atom is -0.478 e. The Morgan fingerprint density at radius 2 is 1.85 bits per heavy atom. The second-order valence-electron chi connectivity index (χ2n) is 4.70. The number of carbonyl (C=O) groups is 1. The summed E-state index contributed by atoms with van der Waals surface area (Å²) < 4.78 is 1.20. The van der Waals surface area contributed by atoms with E-state index in [1.165, 1.54) is 9.13 Å². The Kier molecular flexibility index (Phi) is 4.65. The molecule has 104 valence electrons. The molecule has 0 spiro atoms. The number of hydrogen-bond acceptors (Lipinski definition) is 2. The van der Waals surface area contributed by atoms with E-state index in [1.54, 1.807) is 12.1 Å². The molecule has 2 rings (SSSR count). The van der Waals surface area contributed by atoms with Crippen LogP contribution in [0.4, 0.5) is 5.69 Å². The molecule has 20 heavy (non-hydrogen) atoms. The summed E-state index contributed by atoms with van der Waals surface area (Å²) in [4.78, 5) is 11.1. The van der Waals surface area contributed by atoms with E-state index in [-0.39, 0.29) is 6.04 Å². The fourth-order valence-electron chi connectivity index (χ4n) is 2.09. The normalized spacial score (nSPS) is 11.9. The molecule has 0 aromatic heterocycles. The number of hydrogen-bond donors (Lipinski definition) is 2. The zero-order valence-electron chi connectivity index (χ0n) is 11.4. The average molecular weight is 381 g/mol. The largest absolute Gasteiger partial charge is 0.478 e. The molecule has 0 aliphatic heterocycles. The number of benzene rings is 2. The van der Waals surface area contributed by atoms with Crippen molar-refractivity contribution in [2.24, 2.45) is 0 Å². The van der Waals surface area contributed by atoms with Gasteiger partial charge in [0.1, 0.15) is 0 Å². The van der Waals surface area contributed by atoms with Gasteiger partial charge in [-0.2, -0.15) is 0 Å². The van der Waals surface area contributed by atoms with Crippen molar-refractivity contribution < 1.29 is 9.90 Å². The Morgan fingerprint density at radius 1 is 1.20 bits per heavy atom. The van der Waals surface area contributed by atoms with Crippen molar-refractivity contribution >= 4 is 34.2 Å². The van der Waals surface area contributed by atoms with Gasteiger partial charge in [0.25, 0.3) is 0 Å². The highest BCUT2D eigenvalue weighted by Crippen LogP contribution is 2.24. The van der Waals surface area contributed by atoms with Crippen molar-refractivity contribution in [3.8, 4) is 0 Å². The molecule has 0 radical (unpaired) electrons. The number of rotatable bonds is 4. The van der Waals surface area contributed by atoms with Gasteiger partial charge in [0, 0.05) is 15.3 Å². The summed E-state index contributed by atoms with van der Waals surface area (Å²) in [6.07, 6.45) is 0. The quantitative estimate of drug-likeness (QED) is 0.769. The molecule has 3 nitrogen and oxygen atoms in total. The molecule has 4 heteroatoms. The van der Waals surface area contributed by atoms with Crippen molar-refractivity contribution in [3.63, 3.8) is 0 Å². The van der Waals surface area contributed by atoms with Crippen LogP contribution in [-0.4, -0.2) is 11.1 Å². The zero-order valence-corrected chi connectivity index (χ0v) is 13.5. The van der Waals surface area contributed by atoms with E-state index in [9.17, 15) is 4.79 Å². The number of nitrogens with one attached hydrogen (secondary N) is 1. The molecule has 2 aromatic rings. The first-order valence-corrected chi connectivity index (χ1v) is 7.42. The Morgan fingerprint density at radius 3 is 2.45 bits per heavy atom. The van der Waals surface area contributed by atoms with Crippen LogP contribution in [0.2, 0.25) is 0 Å². The highest BCUT2D eigenvalue weighted by atomic mass is 127. The van der Waals surface area contributed by atoms with Gasteiger partial charge in [-0.3, -0.25) is 0 Å². The topological polar surface area (TPSA) is 49.3 Å². The molecule has 0 amide bonds. The van der Waals surface area contributed by atoms with E-state index in [0.717, 1.165) is 11.3 Å². The molecule has 0 heterocycles. The lowest BCUT2D eigenvalue weighted by Gasteiger charge is -2.18. The Labute approximate surface area is 132 Å². The first-order valence-electron chi connectivity index (χ1n) is 6.34. The minimum absolute atomic E-state index is 0.120. The summed E-state index contributed by atoms with van der Waals surface area (Å²) in [7, 11) is 0. The van der Waals surface area contributed by atoms with Crippen LogP contribution in [0.5, 0.6) is 0 Å². The van der Waals surface area contributed by atoms with Crippen LogP contribution in [0.1, 0.15) is 34.5 Å². The molecular formula is C16H16INO2. The van der Waals surface area contributed by atoms with E-state index in [1.807, 2.05) is 13.0 Å². The van der Waals surface area contributed by atoms with Crippen LogP contribution in [0, 0.1) is 10.5 Å². The van der Waals surface area contributed by atoms with Crippen molar-refractivity contribution in [3.05, 3.63) is 62.7 Å². The van der Waals surface area contributed by atoms with Gasteiger partial charge in [0.15, 0.2) is 0 Å². The van der Waals surface area contributed by atoms with E-state index in [0.29, 0.717) is 5.56 Å². The van der Waals surface area contributed by atoms with Crippen LogP contribution in [-0.2, 0) is 0 Å². The van der Waals surface area contributed by atoms with Crippen LogP contribution < -0.4 is 5.32 Å². The predicted molar refractivity (Wildman–Crippen MR) is 89.3 cm³/mol. The SMILES string of the molecule is Cc1c(NC(C)c2ccc(I)cc2)cccc1C(=O)O. The van der Waals surface area contributed by atoms with Gasteiger partial charge >= 0.3 is 5.97 Å². The van der Waals surface area contributed by atoms with Gasteiger partial charge in [-0.25, -0.2) is 4.79 Å². The van der Waals surface area contributed by atoms with Gasteiger partial charge in [-0.05, 0) is 71.8 Å². The summed E-state index contributed by atoms with van der Waals surface area (Å²) in [6, 6.07) is 13.7. The molecule has 2 aromatic carbocycles. The highest BCUT2D eigenvalue weighted by molar-refractivity contribution is 14.1. The summed E-state index contributed by atoms with van der Waals surface area (Å²) in [6.45, 7) is 3.89. The Balaban J connectivity index is 2.23. The molecule has 1 unspecified atom stereocenters. The first kappa shape index (κ1) is 14.8. The molecule has 2 N–H and O–H groups in total. The summed E-state index contributed by atoms with van der Waals surface area (Å²) in [5, 5.41) is 12.5. The zero-order chi connectivity index (χ0) is 14.7. The summed E-state index contributed by atoms with van der Waals surface area (Å²) >= 11 is 2.27. The van der Waals surface area contributed by atoms with Gasteiger partial charge in [-0.15, -0.1) is 0 Å². The van der Waals surface area contributed by atoms with Crippen molar-refractivity contribution in [2.75, 3.05) is 5.32 Å². The molecule has 1 atom stereocenters. The molecule has 0 fully saturated rings. The lowest BCUT2D eigenvalue weighted by atomic mass is 10.0. The second-order valence-corrected chi connectivity index (χ2v) is 5.95. The van der Waals surface area contributed by atoms with Crippen molar-refractivity contribution in [1.29, 1.82) is 0 Å². The molecule has 0 aliphatic carbocycles. The number of aromatic carboxylic acids is 1. The smallest absolute Gasteiger partial charge is 0.336 e. The number of halogens is 1. The number of anilines is 1. The fourth-order valence-corrected chi connectivity index (χ4v) is 2.45. The van der Waals surface area contributed by atoms with E-state index in [2.05, 4.69) is 59.1 Å². The summed E-state index contributed by atoms with van der Waals surface area (Å²) in [5.74, 6) is -0.895. The van der Waals surface area contributed by atoms with Gasteiger partial charge in [-0.1, -0.05) is 18.2 Å². The second kappa shape index (κ2) is 6.26. The van der Waals surface area contributed by atoms with E-state index in [4.69, 9.17) is 5.11 Å². The average Bonchev–Trinajstić information content (AvgIpc) is 2.41. The molecule has 0 bridgehead atoms. The van der Waals surface area contributed by atoms with E-state index < -0.39 is 5.97 Å². The van der Waals surface area contributed by atoms with Gasteiger partial charge in [0.05, 0.1) is 5.56 Å². The van der Waals surface area contributed by atoms with Crippen molar-refractivity contribution in [2.45, 2.75) is 19.9 Å². The standard InChI is InChI=1S/C16H16INO2/c1-10-14(16(19)20)4-3-5-15(10)18-11(2)12-6-8-13(17)9-7-12/h3-9,11,18H,1-2H3,(H,19,20). The predicted octanol–water partition coefficient (Wildman–Crippen LogP) is 4.47. The maximum Gasteiger partial charge on any atom is 0.336 e. The van der Waals surface area contributed by atoms with Crippen LogP contribution >= 0.6 is 22.6 Å². The third-order valence-corrected chi connectivity index (χ3v) is 4.03. The minimum atomic E-state index is -0.895. The monoisotopic (exact) mass is 381 g/mol. The lowest BCUT2D eigenvalue weighted by molar-refractivity contribution is 0.0696. The van der Waals surface area contributed by atoms with Gasteiger partial charge < -0.3 is 10.4 Å². The number of carboxylic acid groups (broad SMARTS) is 1. The summed E-state index contributed by atoms with van der Waals surface area (Å²) in [5.41, 5.74) is 3.13. The van der Waals surface area contributed by atoms with Gasteiger partial charge in [0.2, 0.25) is 0 Å². The Hall–Kier alpha value is -1.56. The maximum atomic E-state index is 11.1. The number of carboxylic acids is 1.